The summed E-state index contributed by atoms with van der Waals surface area (Å²) in [6, 6.07) is 3.44. The third kappa shape index (κ3) is 3.81. The molecule has 3 N–H and O–H groups in total. The van der Waals surface area contributed by atoms with Crippen molar-refractivity contribution in [1.29, 1.82) is 0 Å². The molecule has 17 heavy (non-hydrogen) atoms. The largest absolute Gasteiger partial charge is 0.495 e. The molecule has 1 rings (SSSR count). The highest BCUT2D eigenvalue weighted by Crippen LogP contribution is 2.32. The summed E-state index contributed by atoms with van der Waals surface area (Å²) < 4.78 is 10.7. The first kappa shape index (κ1) is 13.6. The molecular formula is C11H15BrN2O3. The van der Waals surface area contributed by atoms with Crippen LogP contribution < -0.4 is 15.8 Å². The predicted octanol–water partition coefficient (Wildman–Crippen LogP) is 2.01. The van der Waals surface area contributed by atoms with Gasteiger partial charge < -0.3 is 20.5 Å². The van der Waals surface area contributed by atoms with Crippen LogP contribution in [0.4, 0.5) is 11.4 Å². The van der Waals surface area contributed by atoms with Crippen molar-refractivity contribution >= 4 is 33.3 Å². The van der Waals surface area contributed by atoms with Crippen LogP contribution in [0, 0.1) is 0 Å². The van der Waals surface area contributed by atoms with Gasteiger partial charge in [0.15, 0.2) is 0 Å². The molecule has 0 aliphatic carbocycles. The Bertz CT molecular complexity index is 410. The van der Waals surface area contributed by atoms with Gasteiger partial charge in [0, 0.05) is 6.07 Å². The molecule has 0 unspecified atom stereocenters. The molecule has 0 atom stereocenters. The van der Waals surface area contributed by atoms with Gasteiger partial charge in [0.05, 0.1) is 29.6 Å². The van der Waals surface area contributed by atoms with Crippen LogP contribution in [0.3, 0.4) is 0 Å². The lowest BCUT2D eigenvalue weighted by Gasteiger charge is -2.11. The van der Waals surface area contributed by atoms with Crippen LogP contribution in [0.15, 0.2) is 16.6 Å². The first-order valence-electron chi connectivity index (χ1n) is 5.11. The Morgan fingerprint density at radius 3 is 2.82 bits per heavy atom. The second-order valence-corrected chi connectivity index (χ2v) is 4.09. The van der Waals surface area contributed by atoms with Crippen LogP contribution in [0.5, 0.6) is 5.75 Å². The minimum absolute atomic E-state index is 0.0802. The van der Waals surface area contributed by atoms with Crippen molar-refractivity contribution in [2.24, 2.45) is 0 Å². The van der Waals surface area contributed by atoms with Gasteiger partial charge in [-0.15, -0.1) is 0 Å². The summed E-state index contributed by atoms with van der Waals surface area (Å²) in [6.45, 7) is 2.20. The number of halogens is 1. The Kier molecular flexibility index (Phi) is 5.09. The number of nitrogens with one attached hydrogen (secondary N) is 1. The van der Waals surface area contributed by atoms with Crippen molar-refractivity contribution in [2.75, 3.05) is 31.3 Å². The second kappa shape index (κ2) is 6.34. The predicted molar refractivity (Wildman–Crippen MR) is 70.2 cm³/mol. The number of benzene rings is 1. The number of ether oxygens (including phenoxy) is 2. The normalized spacial score (nSPS) is 9.82. The molecule has 0 radical (unpaired) electrons. The van der Waals surface area contributed by atoms with Crippen LogP contribution in [-0.2, 0) is 9.53 Å². The highest BCUT2D eigenvalue weighted by Gasteiger charge is 2.08. The van der Waals surface area contributed by atoms with Crippen LogP contribution in [0.25, 0.3) is 0 Å². The third-order valence-electron chi connectivity index (χ3n) is 2.05. The maximum Gasteiger partial charge on any atom is 0.325 e. The summed E-state index contributed by atoms with van der Waals surface area (Å²) in [5.74, 6) is 0.322. The molecule has 0 aliphatic rings. The van der Waals surface area contributed by atoms with Crippen LogP contribution in [-0.4, -0.2) is 26.2 Å². The molecule has 6 heteroatoms. The zero-order valence-electron chi connectivity index (χ0n) is 9.75. The van der Waals surface area contributed by atoms with Gasteiger partial charge in [0.2, 0.25) is 0 Å². The van der Waals surface area contributed by atoms with E-state index in [0.29, 0.717) is 23.7 Å². The van der Waals surface area contributed by atoms with Crippen molar-refractivity contribution < 1.29 is 14.3 Å². The molecule has 0 amide bonds. The summed E-state index contributed by atoms with van der Waals surface area (Å²) in [5.41, 5.74) is 6.98. The number of rotatable bonds is 5. The summed E-state index contributed by atoms with van der Waals surface area (Å²) in [4.78, 5) is 11.2. The van der Waals surface area contributed by atoms with Crippen molar-refractivity contribution in [1.82, 2.24) is 0 Å². The maximum absolute atomic E-state index is 11.2. The minimum atomic E-state index is -0.321. The molecule has 0 aromatic heterocycles. The van der Waals surface area contributed by atoms with E-state index in [-0.39, 0.29) is 12.5 Å². The highest BCUT2D eigenvalue weighted by atomic mass is 79.9. The molecule has 0 bridgehead atoms. The lowest BCUT2D eigenvalue weighted by Crippen LogP contribution is -2.17. The fraction of sp³-hybridized carbons (Fsp3) is 0.364. The fourth-order valence-electron chi connectivity index (χ4n) is 1.26. The van der Waals surface area contributed by atoms with E-state index in [2.05, 4.69) is 21.2 Å². The third-order valence-corrected chi connectivity index (χ3v) is 2.67. The van der Waals surface area contributed by atoms with Crippen LogP contribution >= 0.6 is 15.9 Å². The topological polar surface area (TPSA) is 73.6 Å². The van der Waals surface area contributed by atoms with Gasteiger partial charge in [-0.05, 0) is 28.9 Å². The van der Waals surface area contributed by atoms with Gasteiger partial charge >= 0.3 is 5.97 Å². The Morgan fingerprint density at radius 1 is 1.53 bits per heavy atom. The summed E-state index contributed by atoms with van der Waals surface area (Å²) in [5, 5.41) is 2.90. The second-order valence-electron chi connectivity index (χ2n) is 3.23. The van der Waals surface area contributed by atoms with E-state index in [1.165, 1.54) is 0 Å². The van der Waals surface area contributed by atoms with Gasteiger partial charge in [0.25, 0.3) is 0 Å². The molecule has 0 spiro atoms. The quantitative estimate of drug-likeness (QED) is 0.643. The first-order valence-corrected chi connectivity index (χ1v) is 5.90. The first-order chi connectivity index (χ1) is 8.08. The van der Waals surface area contributed by atoms with Crippen LogP contribution in [0.2, 0.25) is 0 Å². The monoisotopic (exact) mass is 302 g/mol. The number of nitrogens with two attached hydrogens (primary N) is 1. The standard InChI is InChI=1S/C11H15BrN2O3/c1-3-17-11(15)6-14-9-4-7(12)10(16-2)5-8(9)13/h4-5,14H,3,6,13H2,1-2H3. The van der Waals surface area contributed by atoms with Crippen molar-refractivity contribution in [3.63, 3.8) is 0 Å². The molecule has 1 aromatic rings. The highest BCUT2D eigenvalue weighted by molar-refractivity contribution is 9.10. The number of hydrogen-bond donors (Lipinski definition) is 2. The number of carbonyl (C=O) groups excluding carboxylic acids is 1. The molecule has 5 nitrogen and oxygen atoms in total. The van der Waals surface area contributed by atoms with E-state index in [0.717, 1.165) is 4.47 Å². The molecule has 0 heterocycles. The van der Waals surface area contributed by atoms with Gasteiger partial charge in [0.1, 0.15) is 12.3 Å². The SMILES string of the molecule is CCOC(=O)CNc1cc(Br)c(OC)cc1N. The van der Waals surface area contributed by atoms with Crippen molar-refractivity contribution in [3.8, 4) is 5.75 Å². The molecule has 0 saturated heterocycles. The Hall–Kier alpha value is -1.43. The van der Waals surface area contributed by atoms with E-state index in [4.69, 9.17) is 15.2 Å². The zero-order chi connectivity index (χ0) is 12.8. The average molecular weight is 303 g/mol. The van der Waals surface area contributed by atoms with E-state index >= 15 is 0 Å². The van der Waals surface area contributed by atoms with E-state index in [9.17, 15) is 4.79 Å². The molecule has 0 saturated carbocycles. The number of hydrogen-bond acceptors (Lipinski definition) is 5. The molecule has 0 aliphatic heterocycles. The van der Waals surface area contributed by atoms with Crippen LogP contribution in [0.1, 0.15) is 6.92 Å². The van der Waals surface area contributed by atoms with Gasteiger partial charge in [-0.2, -0.15) is 0 Å². The number of carbonyl (C=O) groups is 1. The summed E-state index contributed by atoms with van der Waals surface area (Å²) in [7, 11) is 1.56. The smallest absolute Gasteiger partial charge is 0.325 e. The van der Waals surface area contributed by atoms with Gasteiger partial charge in [-0.3, -0.25) is 4.79 Å². The van der Waals surface area contributed by atoms with Gasteiger partial charge in [-0.25, -0.2) is 0 Å². The Labute approximate surface area is 108 Å². The molecule has 94 valence electrons. The van der Waals surface area contributed by atoms with Gasteiger partial charge in [-0.1, -0.05) is 0 Å². The number of esters is 1. The van der Waals surface area contributed by atoms with Crippen molar-refractivity contribution in [2.45, 2.75) is 6.92 Å². The summed E-state index contributed by atoms with van der Waals surface area (Å²) in [6.07, 6.45) is 0. The van der Waals surface area contributed by atoms with E-state index in [1.807, 2.05) is 0 Å². The number of methoxy groups -OCH3 is 1. The van der Waals surface area contributed by atoms with E-state index in [1.54, 1.807) is 26.2 Å². The zero-order valence-corrected chi connectivity index (χ0v) is 11.3. The maximum atomic E-state index is 11.2. The molecule has 0 fully saturated rings. The minimum Gasteiger partial charge on any atom is -0.495 e. The molecular weight excluding hydrogens is 288 g/mol. The Morgan fingerprint density at radius 2 is 2.24 bits per heavy atom. The lowest BCUT2D eigenvalue weighted by atomic mass is 10.2. The fourth-order valence-corrected chi connectivity index (χ4v) is 1.76. The number of nitrogen functional groups attached to an aromatic ring is 1. The lowest BCUT2D eigenvalue weighted by molar-refractivity contribution is -0.140. The molecule has 1 aromatic carbocycles. The number of anilines is 2. The van der Waals surface area contributed by atoms with E-state index < -0.39 is 0 Å². The van der Waals surface area contributed by atoms with Crippen molar-refractivity contribution in [3.05, 3.63) is 16.6 Å². The summed E-state index contributed by atoms with van der Waals surface area (Å²) >= 11 is 3.34. The average Bonchev–Trinajstić information content (AvgIpc) is 2.30. The Balaban J connectivity index is 2.72.